The number of aromatic amines is 1. The Kier molecular flexibility index (Phi) is 7.54. The molecule has 1 aromatic carbocycles. The van der Waals surface area contributed by atoms with Crippen LogP contribution in [0.25, 0.3) is 0 Å². The highest BCUT2D eigenvalue weighted by Gasteiger charge is 2.45. The lowest BCUT2D eigenvalue weighted by Crippen LogP contribution is -2.50. The van der Waals surface area contributed by atoms with Gasteiger partial charge in [0.25, 0.3) is 0 Å². The molecule has 0 radical (unpaired) electrons. The normalized spacial score (nSPS) is 20.5. The van der Waals surface area contributed by atoms with Crippen molar-refractivity contribution in [3.63, 3.8) is 0 Å². The molecule has 0 saturated carbocycles. The molecule has 1 fully saturated rings. The van der Waals surface area contributed by atoms with E-state index in [1.165, 1.54) is 6.07 Å². The van der Waals surface area contributed by atoms with Crippen LogP contribution in [0.1, 0.15) is 42.3 Å². The predicted octanol–water partition coefficient (Wildman–Crippen LogP) is 6.05. The monoisotopic (exact) mass is 537 g/mol. The molecule has 0 amide bonds. The fourth-order valence-corrected chi connectivity index (χ4v) is 5.15. The number of aliphatic carboxylic acids is 1. The number of piperidine rings is 1. The quantitative estimate of drug-likeness (QED) is 0.339. The van der Waals surface area contributed by atoms with E-state index in [2.05, 4.69) is 20.5 Å². The van der Waals surface area contributed by atoms with Gasteiger partial charge in [-0.1, -0.05) is 35.3 Å². The van der Waals surface area contributed by atoms with Gasteiger partial charge in [0.2, 0.25) is 0 Å². The number of likely N-dealkylation sites (tertiary alicyclic amines) is 1. The van der Waals surface area contributed by atoms with E-state index >= 15 is 4.39 Å². The number of hydrogen-bond donors (Lipinski definition) is 3. The van der Waals surface area contributed by atoms with Crippen LogP contribution in [-0.2, 0) is 17.8 Å². The SMILES string of the molecule is Cc1cc(Nc2nc(C[C@@]3(C(=O)O)CCN(Cc4cccc(Cl)c4F)[C@H](C)C3)c(F)c(Cl)c2C)n[nH]1. The summed E-state index contributed by atoms with van der Waals surface area (Å²) in [5, 5.41) is 20.1. The van der Waals surface area contributed by atoms with Crippen molar-refractivity contribution in [2.75, 3.05) is 11.9 Å². The maximum absolute atomic E-state index is 15.2. The van der Waals surface area contributed by atoms with E-state index in [1.807, 2.05) is 18.7 Å². The van der Waals surface area contributed by atoms with Gasteiger partial charge in [-0.05, 0) is 46.2 Å². The lowest BCUT2D eigenvalue weighted by atomic mass is 9.72. The molecule has 0 bridgehead atoms. The van der Waals surface area contributed by atoms with Gasteiger partial charge in [-0.15, -0.1) is 0 Å². The van der Waals surface area contributed by atoms with Gasteiger partial charge in [-0.25, -0.2) is 13.8 Å². The van der Waals surface area contributed by atoms with Gasteiger partial charge in [0.1, 0.15) is 11.6 Å². The molecule has 1 aliphatic heterocycles. The summed E-state index contributed by atoms with van der Waals surface area (Å²) in [5.41, 5.74) is 0.389. The highest BCUT2D eigenvalue weighted by molar-refractivity contribution is 6.32. The molecule has 2 atom stereocenters. The van der Waals surface area contributed by atoms with Crippen molar-refractivity contribution in [2.24, 2.45) is 5.41 Å². The molecule has 3 heterocycles. The van der Waals surface area contributed by atoms with E-state index in [4.69, 9.17) is 23.2 Å². The number of aromatic nitrogens is 3. The molecule has 7 nitrogen and oxygen atoms in total. The summed E-state index contributed by atoms with van der Waals surface area (Å²) in [6, 6.07) is 6.39. The second-order valence-corrected chi connectivity index (χ2v) is 10.3. The van der Waals surface area contributed by atoms with Crippen LogP contribution < -0.4 is 5.32 Å². The van der Waals surface area contributed by atoms with Crippen molar-refractivity contribution >= 4 is 40.8 Å². The highest BCUT2D eigenvalue weighted by Crippen LogP contribution is 2.41. The van der Waals surface area contributed by atoms with Crippen LogP contribution in [0.5, 0.6) is 0 Å². The fourth-order valence-electron chi connectivity index (χ4n) is 4.76. The number of nitrogens with zero attached hydrogens (tertiary/aromatic N) is 3. The summed E-state index contributed by atoms with van der Waals surface area (Å²) in [4.78, 5) is 19.0. The third-order valence-corrected chi connectivity index (χ3v) is 7.62. The van der Waals surface area contributed by atoms with Gasteiger partial charge in [0.05, 0.1) is 21.2 Å². The molecule has 3 N–H and O–H groups in total. The number of carboxylic acids is 1. The van der Waals surface area contributed by atoms with E-state index in [0.717, 1.165) is 5.69 Å². The largest absolute Gasteiger partial charge is 0.481 e. The number of carboxylic acid groups (broad SMARTS) is 1. The standard InChI is InChI=1S/C25H27Cl2F2N5O2/c1-13-9-19(33-32-13)31-23-15(3)20(27)22(29)18(30-23)11-25(24(35)36)7-8-34(14(2)10-25)12-16-5-4-6-17(26)21(16)28/h4-6,9,14H,7-8,10-12H2,1-3H3,(H,35,36)(H2,30,31,32,33)/t14-,25-/m1/s1. The summed E-state index contributed by atoms with van der Waals surface area (Å²) in [6.07, 6.45) is 0.341. The molecule has 2 aromatic heterocycles. The second-order valence-electron chi connectivity index (χ2n) is 9.47. The minimum Gasteiger partial charge on any atom is -0.481 e. The first-order valence-corrected chi connectivity index (χ1v) is 12.3. The van der Waals surface area contributed by atoms with Crippen LogP contribution in [0.2, 0.25) is 10.0 Å². The molecule has 3 aromatic rings. The Bertz CT molecular complexity index is 1300. The summed E-state index contributed by atoms with van der Waals surface area (Å²) >= 11 is 12.2. The van der Waals surface area contributed by atoms with Crippen molar-refractivity contribution in [2.45, 2.75) is 52.6 Å². The molecule has 0 unspecified atom stereocenters. The van der Waals surface area contributed by atoms with Gasteiger partial charge in [0.15, 0.2) is 11.6 Å². The maximum Gasteiger partial charge on any atom is 0.310 e. The highest BCUT2D eigenvalue weighted by atomic mass is 35.5. The lowest BCUT2D eigenvalue weighted by molar-refractivity contribution is -0.153. The van der Waals surface area contributed by atoms with Crippen molar-refractivity contribution < 1.29 is 18.7 Å². The minimum atomic E-state index is -1.25. The Morgan fingerprint density at radius 2 is 2.06 bits per heavy atom. The third-order valence-electron chi connectivity index (χ3n) is 6.88. The number of aryl methyl sites for hydroxylation is 1. The van der Waals surface area contributed by atoms with Crippen LogP contribution in [0.3, 0.4) is 0 Å². The van der Waals surface area contributed by atoms with Crippen molar-refractivity contribution in [3.05, 3.63) is 68.5 Å². The summed E-state index contributed by atoms with van der Waals surface area (Å²) < 4.78 is 29.7. The van der Waals surface area contributed by atoms with Gasteiger partial charge >= 0.3 is 5.97 Å². The molecule has 1 aliphatic rings. The number of pyridine rings is 1. The number of halogens is 4. The number of rotatable bonds is 7. The van der Waals surface area contributed by atoms with Crippen LogP contribution in [0.4, 0.5) is 20.4 Å². The lowest BCUT2D eigenvalue weighted by Gasteiger charge is -2.43. The molecule has 192 valence electrons. The van der Waals surface area contributed by atoms with Gasteiger partial charge in [-0.2, -0.15) is 5.10 Å². The Balaban J connectivity index is 1.58. The van der Waals surface area contributed by atoms with Gasteiger partial charge < -0.3 is 10.4 Å². The third kappa shape index (κ3) is 5.19. The zero-order valence-corrected chi connectivity index (χ0v) is 21.6. The molecule has 36 heavy (non-hydrogen) atoms. The molecule has 11 heteroatoms. The van der Waals surface area contributed by atoms with Crippen LogP contribution in [-0.4, -0.2) is 43.7 Å². The van der Waals surface area contributed by atoms with Crippen LogP contribution >= 0.6 is 23.2 Å². The smallest absolute Gasteiger partial charge is 0.310 e. The molecule has 0 aliphatic carbocycles. The van der Waals surface area contributed by atoms with Crippen molar-refractivity contribution in [3.8, 4) is 0 Å². The van der Waals surface area contributed by atoms with Crippen LogP contribution in [0, 0.1) is 30.9 Å². The number of hydrogen-bond acceptors (Lipinski definition) is 5. The van der Waals surface area contributed by atoms with Crippen LogP contribution in [0.15, 0.2) is 24.3 Å². The Labute approximate surface area is 217 Å². The summed E-state index contributed by atoms with van der Waals surface area (Å²) in [5.74, 6) is -1.44. The van der Waals surface area contributed by atoms with Crippen molar-refractivity contribution in [1.82, 2.24) is 20.1 Å². The predicted molar refractivity (Wildman–Crippen MR) is 135 cm³/mol. The number of nitrogens with one attached hydrogen (secondary N) is 2. The number of anilines is 2. The topological polar surface area (TPSA) is 94.1 Å². The Morgan fingerprint density at radius 3 is 2.69 bits per heavy atom. The zero-order chi connectivity index (χ0) is 26.2. The molecule has 4 rings (SSSR count). The number of carbonyl (C=O) groups is 1. The molecule has 1 saturated heterocycles. The van der Waals surface area contributed by atoms with E-state index < -0.39 is 23.0 Å². The first-order valence-electron chi connectivity index (χ1n) is 11.5. The number of H-pyrrole nitrogens is 1. The van der Waals surface area contributed by atoms with E-state index in [-0.39, 0.29) is 41.0 Å². The first kappa shape index (κ1) is 26.3. The molecular weight excluding hydrogens is 511 g/mol. The Morgan fingerprint density at radius 1 is 1.31 bits per heavy atom. The van der Waals surface area contributed by atoms with Crippen molar-refractivity contribution in [1.29, 1.82) is 0 Å². The summed E-state index contributed by atoms with van der Waals surface area (Å²) in [6.45, 7) is 6.04. The maximum atomic E-state index is 15.2. The zero-order valence-electron chi connectivity index (χ0n) is 20.1. The second kappa shape index (κ2) is 10.3. The first-order chi connectivity index (χ1) is 17.0. The molecular formula is C25H27Cl2F2N5O2. The van der Waals surface area contributed by atoms with Gasteiger partial charge in [-0.3, -0.25) is 14.8 Å². The van der Waals surface area contributed by atoms with E-state index in [9.17, 15) is 14.3 Å². The minimum absolute atomic E-state index is 0.0238. The average Bonchev–Trinajstić information content (AvgIpc) is 3.24. The molecule has 0 spiro atoms. The van der Waals surface area contributed by atoms with E-state index in [0.29, 0.717) is 35.9 Å². The number of benzene rings is 1. The van der Waals surface area contributed by atoms with E-state index in [1.54, 1.807) is 25.1 Å². The van der Waals surface area contributed by atoms with Gasteiger partial charge in [0, 0.05) is 41.9 Å². The summed E-state index contributed by atoms with van der Waals surface area (Å²) in [7, 11) is 0. The Hall–Kier alpha value is -2.75. The fraction of sp³-hybridized carbons (Fsp3) is 0.400. The average molecular weight is 538 g/mol.